The number of hydrogen-bond acceptors (Lipinski definition) is 3. The van der Waals surface area contributed by atoms with Crippen LogP contribution in [0.4, 0.5) is 0 Å². The Labute approximate surface area is 132 Å². The summed E-state index contributed by atoms with van der Waals surface area (Å²) in [4.78, 5) is 23.6. The fourth-order valence-corrected chi connectivity index (χ4v) is 5.94. The SMILES string of the molecule is C[C@]12CC[C@H]3[C@@H](CCC(=O)[C@]3(C)CCC(=O)O)[C@@H]1CC[C@@H]2O. The van der Waals surface area contributed by atoms with E-state index in [2.05, 4.69) is 6.92 Å². The van der Waals surface area contributed by atoms with Gasteiger partial charge in [0.1, 0.15) is 5.78 Å². The molecule has 0 aliphatic heterocycles. The molecule has 2 N–H and O–H groups in total. The molecule has 3 fully saturated rings. The Hall–Kier alpha value is -0.900. The second-order valence-electron chi connectivity index (χ2n) is 8.29. The molecule has 3 aliphatic rings. The van der Waals surface area contributed by atoms with Crippen LogP contribution in [0.25, 0.3) is 0 Å². The van der Waals surface area contributed by atoms with Gasteiger partial charge in [-0.3, -0.25) is 9.59 Å². The second-order valence-corrected chi connectivity index (χ2v) is 8.29. The molecule has 0 aromatic heterocycles. The predicted molar refractivity (Wildman–Crippen MR) is 82.3 cm³/mol. The highest BCUT2D eigenvalue weighted by atomic mass is 16.4. The molecule has 0 unspecified atom stereocenters. The lowest BCUT2D eigenvalue weighted by Crippen LogP contribution is -2.53. The second kappa shape index (κ2) is 5.33. The molecule has 6 atom stereocenters. The number of aliphatic hydroxyl groups is 1. The van der Waals surface area contributed by atoms with E-state index in [9.17, 15) is 14.7 Å². The maximum absolute atomic E-state index is 12.6. The topological polar surface area (TPSA) is 74.6 Å². The molecule has 124 valence electrons. The van der Waals surface area contributed by atoms with Gasteiger partial charge in [0.15, 0.2) is 0 Å². The van der Waals surface area contributed by atoms with Crippen molar-refractivity contribution in [2.24, 2.45) is 28.6 Å². The molecule has 0 aromatic carbocycles. The largest absolute Gasteiger partial charge is 0.481 e. The lowest BCUT2D eigenvalue weighted by atomic mass is 9.49. The first-order chi connectivity index (χ1) is 10.3. The zero-order valence-electron chi connectivity index (χ0n) is 13.7. The number of carbonyl (C=O) groups is 2. The number of fused-ring (bicyclic) bond motifs is 3. The van der Waals surface area contributed by atoms with Crippen molar-refractivity contribution in [2.45, 2.75) is 71.3 Å². The third-order valence-electron chi connectivity index (χ3n) is 7.41. The summed E-state index contributed by atoms with van der Waals surface area (Å²) in [5.41, 5.74) is -0.467. The van der Waals surface area contributed by atoms with Crippen molar-refractivity contribution in [2.75, 3.05) is 0 Å². The average molecular weight is 308 g/mol. The summed E-state index contributed by atoms with van der Waals surface area (Å²) in [6.07, 6.45) is 5.71. The minimum absolute atomic E-state index is 0.00919. The third kappa shape index (κ3) is 2.22. The molecule has 0 heterocycles. The maximum atomic E-state index is 12.6. The van der Waals surface area contributed by atoms with Gasteiger partial charge in [-0.2, -0.15) is 0 Å². The Balaban J connectivity index is 1.86. The first-order valence-corrected chi connectivity index (χ1v) is 8.72. The summed E-state index contributed by atoms with van der Waals surface area (Å²) < 4.78 is 0. The summed E-state index contributed by atoms with van der Waals surface area (Å²) >= 11 is 0. The maximum Gasteiger partial charge on any atom is 0.303 e. The zero-order valence-corrected chi connectivity index (χ0v) is 13.7. The third-order valence-corrected chi connectivity index (χ3v) is 7.41. The Morgan fingerprint density at radius 2 is 1.91 bits per heavy atom. The van der Waals surface area contributed by atoms with Gasteiger partial charge in [-0.25, -0.2) is 0 Å². The van der Waals surface area contributed by atoms with Gasteiger partial charge in [0.25, 0.3) is 0 Å². The Kier molecular flexibility index (Phi) is 3.87. The van der Waals surface area contributed by atoms with Crippen LogP contribution in [0, 0.1) is 28.6 Å². The van der Waals surface area contributed by atoms with E-state index in [1.165, 1.54) is 0 Å². The van der Waals surface area contributed by atoms with E-state index in [0.29, 0.717) is 30.6 Å². The highest BCUT2D eigenvalue weighted by molar-refractivity contribution is 5.86. The van der Waals surface area contributed by atoms with Gasteiger partial charge >= 0.3 is 5.97 Å². The summed E-state index contributed by atoms with van der Waals surface area (Å²) in [7, 11) is 0. The molecular formula is C18H28O4. The van der Waals surface area contributed by atoms with E-state index in [1.54, 1.807) is 0 Å². The van der Waals surface area contributed by atoms with Gasteiger partial charge in [0.2, 0.25) is 0 Å². The van der Waals surface area contributed by atoms with Gasteiger partial charge < -0.3 is 10.2 Å². The van der Waals surface area contributed by atoms with Gasteiger partial charge in [-0.05, 0) is 61.7 Å². The average Bonchev–Trinajstić information content (AvgIpc) is 2.77. The monoisotopic (exact) mass is 308 g/mol. The number of rotatable bonds is 3. The highest BCUT2D eigenvalue weighted by Crippen LogP contribution is 2.62. The molecule has 4 nitrogen and oxygen atoms in total. The molecule has 0 spiro atoms. The van der Waals surface area contributed by atoms with E-state index in [0.717, 1.165) is 32.1 Å². The van der Waals surface area contributed by atoms with Crippen molar-refractivity contribution < 1.29 is 19.8 Å². The van der Waals surface area contributed by atoms with E-state index in [-0.39, 0.29) is 23.7 Å². The van der Waals surface area contributed by atoms with Crippen molar-refractivity contribution in [3.8, 4) is 0 Å². The molecule has 3 aliphatic carbocycles. The number of aliphatic carboxylic acids is 1. The van der Waals surface area contributed by atoms with E-state index in [4.69, 9.17) is 5.11 Å². The van der Waals surface area contributed by atoms with E-state index >= 15 is 0 Å². The standard InChI is InChI=1S/C18H28O4/c1-17-9-7-13-11(12(17)4-6-15(17)20)3-5-14(19)18(13,2)10-8-16(21)22/h11-13,15,20H,3-10H2,1-2H3,(H,21,22)/t11-,12-,13-,15-,17-,18+/m0/s1. The summed E-state index contributed by atoms with van der Waals surface area (Å²) in [5, 5.41) is 19.4. The lowest BCUT2D eigenvalue weighted by Gasteiger charge is -2.55. The van der Waals surface area contributed by atoms with Gasteiger partial charge in [0, 0.05) is 18.3 Å². The molecule has 0 saturated heterocycles. The number of ketones is 1. The van der Waals surface area contributed by atoms with Crippen LogP contribution in [0.15, 0.2) is 0 Å². The van der Waals surface area contributed by atoms with E-state index < -0.39 is 11.4 Å². The summed E-state index contributed by atoms with van der Waals surface area (Å²) in [6, 6.07) is 0. The number of Topliss-reactive ketones (excluding diaryl/α,β-unsaturated/α-hetero) is 1. The molecule has 3 rings (SSSR count). The van der Waals surface area contributed by atoms with Gasteiger partial charge in [-0.15, -0.1) is 0 Å². The highest BCUT2D eigenvalue weighted by Gasteiger charge is 2.59. The van der Waals surface area contributed by atoms with Crippen LogP contribution in [0.5, 0.6) is 0 Å². The van der Waals surface area contributed by atoms with E-state index in [1.807, 2.05) is 6.92 Å². The Morgan fingerprint density at radius 3 is 2.59 bits per heavy atom. The normalized spacial score (nSPS) is 47.9. The lowest BCUT2D eigenvalue weighted by molar-refractivity contribution is -0.149. The Bertz CT molecular complexity index is 487. The zero-order chi connectivity index (χ0) is 16.1. The van der Waals surface area contributed by atoms with Crippen LogP contribution >= 0.6 is 0 Å². The van der Waals surface area contributed by atoms with Crippen LogP contribution < -0.4 is 0 Å². The van der Waals surface area contributed by atoms with Crippen molar-refractivity contribution >= 4 is 11.8 Å². The number of hydrogen-bond donors (Lipinski definition) is 2. The quantitative estimate of drug-likeness (QED) is 0.840. The smallest absolute Gasteiger partial charge is 0.303 e. The number of aliphatic hydroxyl groups excluding tert-OH is 1. The molecule has 0 bridgehead atoms. The minimum atomic E-state index is -0.812. The number of carboxylic acid groups (broad SMARTS) is 1. The molecular weight excluding hydrogens is 280 g/mol. The predicted octanol–water partition coefficient (Wildman–Crippen LogP) is 3.02. The van der Waals surface area contributed by atoms with Crippen LogP contribution in [-0.4, -0.2) is 28.1 Å². The first kappa shape index (κ1) is 16.0. The van der Waals surface area contributed by atoms with Gasteiger partial charge in [-0.1, -0.05) is 13.8 Å². The fraction of sp³-hybridized carbons (Fsp3) is 0.889. The minimum Gasteiger partial charge on any atom is -0.481 e. The van der Waals surface area contributed by atoms with Crippen molar-refractivity contribution in [1.29, 1.82) is 0 Å². The number of carbonyl (C=O) groups excluding carboxylic acids is 1. The van der Waals surface area contributed by atoms with Crippen LogP contribution in [0.2, 0.25) is 0 Å². The molecule has 3 saturated carbocycles. The van der Waals surface area contributed by atoms with Gasteiger partial charge in [0.05, 0.1) is 6.10 Å². The fourth-order valence-electron chi connectivity index (χ4n) is 5.94. The summed E-state index contributed by atoms with van der Waals surface area (Å²) in [5.74, 6) is 0.729. The van der Waals surface area contributed by atoms with Crippen molar-refractivity contribution in [1.82, 2.24) is 0 Å². The van der Waals surface area contributed by atoms with Crippen LogP contribution in [0.1, 0.15) is 65.2 Å². The molecule has 0 aromatic rings. The number of carboxylic acids is 1. The molecule has 4 heteroatoms. The van der Waals surface area contributed by atoms with Crippen molar-refractivity contribution in [3.05, 3.63) is 0 Å². The first-order valence-electron chi connectivity index (χ1n) is 8.72. The van der Waals surface area contributed by atoms with Crippen LogP contribution in [0.3, 0.4) is 0 Å². The van der Waals surface area contributed by atoms with Crippen LogP contribution in [-0.2, 0) is 9.59 Å². The molecule has 22 heavy (non-hydrogen) atoms. The van der Waals surface area contributed by atoms with Crippen molar-refractivity contribution in [3.63, 3.8) is 0 Å². The molecule has 0 radical (unpaired) electrons. The summed E-state index contributed by atoms with van der Waals surface area (Å²) in [6.45, 7) is 4.22. The molecule has 0 amide bonds. The Morgan fingerprint density at radius 1 is 1.18 bits per heavy atom.